The summed E-state index contributed by atoms with van der Waals surface area (Å²) >= 11 is 0. The van der Waals surface area contributed by atoms with Gasteiger partial charge in [-0.15, -0.1) is 0 Å². The number of nitrogens with two attached hydrogens (primary N) is 1. The van der Waals surface area contributed by atoms with E-state index in [9.17, 15) is 9.18 Å². The predicted octanol–water partition coefficient (Wildman–Crippen LogP) is 2.26. The molecule has 0 aliphatic rings. The van der Waals surface area contributed by atoms with E-state index in [0.717, 1.165) is 6.07 Å². The molecule has 0 unspecified atom stereocenters. The quantitative estimate of drug-likeness (QED) is 0.626. The van der Waals surface area contributed by atoms with Crippen molar-refractivity contribution < 1.29 is 13.9 Å². The van der Waals surface area contributed by atoms with Gasteiger partial charge < -0.3 is 15.8 Å². The summed E-state index contributed by atoms with van der Waals surface area (Å²) in [4.78, 5) is 11.4. The number of anilines is 2. The highest BCUT2D eigenvalue weighted by molar-refractivity contribution is 5.96. The molecule has 0 aliphatic heterocycles. The molecule has 4 nitrogen and oxygen atoms in total. The lowest BCUT2D eigenvalue weighted by molar-refractivity contribution is 0.0602. The molecule has 0 saturated heterocycles. The molecule has 0 amide bonds. The Morgan fingerprint density at radius 1 is 1.53 bits per heavy atom. The van der Waals surface area contributed by atoms with Crippen molar-refractivity contribution in [2.75, 3.05) is 24.7 Å². The lowest BCUT2D eigenvalue weighted by atomic mass is 10.1. The standard InChI is InChI=1S/C12H17FN2O2/c1-7(2)6-15-11-4-8(12(16)17-3)10(14)5-9(11)13/h4-5,7,15H,6,14H2,1-3H3. The Kier molecular flexibility index (Phi) is 4.31. The van der Waals surface area contributed by atoms with Gasteiger partial charge in [-0.2, -0.15) is 0 Å². The summed E-state index contributed by atoms with van der Waals surface area (Å²) in [6, 6.07) is 2.49. The molecule has 0 atom stereocenters. The number of carbonyl (C=O) groups excluding carboxylic acids is 1. The maximum atomic E-state index is 13.6. The van der Waals surface area contributed by atoms with E-state index < -0.39 is 11.8 Å². The number of rotatable bonds is 4. The summed E-state index contributed by atoms with van der Waals surface area (Å²) in [5, 5.41) is 2.92. The van der Waals surface area contributed by atoms with Crippen LogP contribution in [0.25, 0.3) is 0 Å². The summed E-state index contributed by atoms with van der Waals surface area (Å²) in [7, 11) is 1.26. The van der Waals surface area contributed by atoms with Gasteiger partial charge in [0.25, 0.3) is 0 Å². The second-order valence-corrected chi connectivity index (χ2v) is 4.19. The Balaban J connectivity index is 3.01. The molecule has 0 radical (unpaired) electrons. The second-order valence-electron chi connectivity index (χ2n) is 4.19. The van der Waals surface area contributed by atoms with Gasteiger partial charge in [-0.05, 0) is 18.1 Å². The molecule has 1 aromatic rings. The maximum absolute atomic E-state index is 13.6. The summed E-state index contributed by atoms with van der Waals surface area (Å²) in [6.07, 6.45) is 0. The highest BCUT2D eigenvalue weighted by Gasteiger charge is 2.14. The topological polar surface area (TPSA) is 64.3 Å². The van der Waals surface area contributed by atoms with E-state index in [4.69, 9.17) is 5.73 Å². The van der Waals surface area contributed by atoms with Crippen molar-refractivity contribution in [2.24, 2.45) is 5.92 Å². The fourth-order valence-electron chi connectivity index (χ4n) is 1.32. The highest BCUT2D eigenvalue weighted by atomic mass is 19.1. The number of halogens is 1. The van der Waals surface area contributed by atoms with Crippen LogP contribution in [0.1, 0.15) is 24.2 Å². The van der Waals surface area contributed by atoms with E-state index in [1.807, 2.05) is 13.8 Å². The minimum Gasteiger partial charge on any atom is -0.465 e. The largest absolute Gasteiger partial charge is 0.465 e. The minimum atomic E-state index is -0.574. The van der Waals surface area contributed by atoms with Crippen molar-refractivity contribution in [3.8, 4) is 0 Å². The van der Waals surface area contributed by atoms with Crippen LogP contribution in [0.5, 0.6) is 0 Å². The summed E-state index contributed by atoms with van der Waals surface area (Å²) in [6.45, 7) is 4.62. The highest BCUT2D eigenvalue weighted by Crippen LogP contribution is 2.23. The Labute approximate surface area is 100.0 Å². The Hall–Kier alpha value is -1.78. The van der Waals surface area contributed by atoms with Crippen LogP contribution in [-0.4, -0.2) is 19.6 Å². The SMILES string of the molecule is COC(=O)c1cc(NCC(C)C)c(F)cc1N. The van der Waals surface area contributed by atoms with Gasteiger partial charge in [0.15, 0.2) is 0 Å². The van der Waals surface area contributed by atoms with Gasteiger partial charge in [0.1, 0.15) is 5.82 Å². The third-order valence-corrected chi connectivity index (χ3v) is 2.25. The van der Waals surface area contributed by atoms with E-state index in [2.05, 4.69) is 10.1 Å². The third-order valence-electron chi connectivity index (χ3n) is 2.25. The molecule has 0 fully saturated rings. The molecule has 1 aromatic carbocycles. The van der Waals surface area contributed by atoms with Gasteiger partial charge in [-0.1, -0.05) is 13.8 Å². The Morgan fingerprint density at radius 3 is 2.71 bits per heavy atom. The van der Waals surface area contributed by atoms with Crippen molar-refractivity contribution in [1.82, 2.24) is 0 Å². The number of hydrogen-bond donors (Lipinski definition) is 2. The number of esters is 1. The van der Waals surface area contributed by atoms with Gasteiger partial charge in [-0.25, -0.2) is 9.18 Å². The minimum absolute atomic E-state index is 0.0736. The molecule has 0 aromatic heterocycles. The number of nitrogen functional groups attached to an aromatic ring is 1. The predicted molar refractivity (Wildman–Crippen MR) is 65.5 cm³/mol. The molecule has 0 aliphatic carbocycles. The van der Waals surface area contributed by atoms with Gasteiger partial charge in [0.2, 0.25) is 0 Å². The Morgan fingerprint density at radius 2 is 2.18 bits per heavy atom. The van der Waals surface area contributed by atoms with Crippen molar-refractivity contribution in [2.45, 2.75) is 13.8 Å². The van der Waals surface area contributed by atoms with Gasteiger partial charge in [-0.3, -0.25) is 0 Å². The van der Waals surface area contributed by atoms with Gasteiger partial charge in [0, 0.05) is 12.2 Å². The molecule has 0 heterocycles. The average molecular weight is 240 g/mol. The molecule has 1 rings (SSSR count). The molecule has 17 heavy (non-hydrogen) atoms. The van der Waals surface area contributed by atoms with Crippen LogP contribution < -0.4 is 11.1 Å². The molecule has 0 saturated carbocycles. The van der Waals surface area contributed by atoms with Crippen molar-refractivity contribution in [1.29, 1.82) is 0 Å². The molecule has 5 heteroatoms. The van der Waals surface area contributed by atoms with Crippen LogP contribution in [0.15, 0.2) is 12.1 Å². The first-order valence-corrected chi connectivity index (χ1v) is 5.37. The van der Waals surface area contributed by atoms with Crippen LogP contribution in [0.2, 0.25) is 0 Å². The second kappa shape index (κ2) is 5.52. The van der Waals surface area contributed by atoms with Crippen molar-refractivity contribution in [3.05, 3.63) is 23.5 Å². The van der Waals surface area contributed by atoms with Crippen LogP contribution in [0, 0.1) is 11.7 Å². The number of carbonyl (C=O) groups is 1. The summed E-state index contributed by atoms with van der Waals surface area (Å²) in [5.41, 5.74) is 6.05. The Bertz CT molecular complexity index is 419. The first kappa shape index (κ1) is 13.3. The van der Waals surface area contributed by atoms with Gasteiger partial charge in [0.05, 0.1) is 18.4 Å². The molecule has 3 N–H and O–H groups in total. The number of hydrogen-bond acceptors (Lipinski definition) is 4. The van der Waals surface area contributed by atoms with E-state index in [1.165, 1.54) is 13.2 Å². The van der Waals surface area contributed by atoms with Crippen LogP contribution in [-0.2, 0) is 4.74 Å². The first-order chi connectivity index (χ1) is 7.95. The monoisotopic (exact) mass is 240 g/mol. The van der Waals surface area contributed by atoms with Crippen LogP contribution in [0.3, 0.4) is 0 Å². The van der Waals surface area contributed by atoms with Crippen molar-refractivity contribution >= 4 is 17.3 Å². The first-order valence-electron chi connectivity index (χ1n) is 5.37. The third kappa shape index (κ3) is 3.34. The zero-order chi connectivity index (χ0) is 13.0. The number of methoxy groups -OCH3 is 1. The number of nitrogens with one attached hydrogen (secondary N) is 1. The van der Waals surface area contributed by atoms with Crippen LogP contribution >= 0.6 is 0 Å². The van der Waals surface area contributed by atoms with Crippen LogP contribution in [0.4, 0.5) is 15.8 Å². The van der Waals surface area contributed by atoms with E-state index in [-0.39, 0.29) is 16.9 Å². The fourth-order valence-corrected chi connectivity index (χ4v) is 1.32. The molecule has 0 spiro atoms. The lowest BCUT2D eigenvalue weighted by Gasteiger charge is -2.12. The molecular weight excluding hydrogens is 223 g/mol. The summed E-state index contributed by atoms with van der Waals surface area (Å²) < 4.78 is 18.1. The van der Waals surface area contributed by atoms with E-state index in [1.54, 1.807) is 0 Å². The van der Waals surface area contributed by atoms with E-state index >= 15 is 0 Å². The maximum Gasteiger partial charge on any atom is 0.340 e. The number of benzene rings is 1. The average Bonchev–Trinajstić information content (AvgIpc) is 2.26. The zero-order valence-corrected chi connectivity index (χ0v) is 10.2. The summed E-state index contributed by atoms with van der Waals surface area (Å²) in [5.74, 6) is -0.681. The fraction of sp³-hybridized carbons (Fsp3) is 0.417. The van der Waals surface area contributed by atoms with Crippen molar-refractivity contribution in [3.63, 3.8) is 0 Å². The molecular formula is C12H17FN2O2. The zero-order valence-electron chi connectivity index (χ0n) is 10.2. The van der Waals surface area contributed by atoms with E-state index in [0.29, 0.717) is 12.5 Å². The normalized spacial score (nSPS) is 10.4. The smallest absolute Gasteiger partial charge is 0.340 e. The molecule has 94 valence electrons. The molecule has 0 bridgehead atoms. The number of ether oxygens (including phenoxy) is 1. The van der Waals surface area contributed by atoms with Gasteiger partial charge >= 0.3 is 5.97 Å². The lowest BCUT2D eigenvalue weighted by Crippen LogP contribution is -2.12.